The van der Waals surface area contributed by atoms with Crippen LogP contribution in [0.25, 0.3) is 0 Å². The average Bonchev–Trinajstić information content (AvgIpc) is 2.38. The number of rotatable bonds is 7. The first-order chi connectivity index (χ1) is 9.28. The van der Waals surface area contributed by atoms with Crippen molar-refractivity contribution in [2.24, 2.45) is 0 Å². The molecule has 6 nitrogen and oxygen atoms in total. The molecule has 0 heterocycles. The minimum Gasteiger partial charge on any atom is -0.480 e. The van der Waals surface area contributed by atoms with Crippen LogP contribution in [0.1, 0.15) is 0 Å². The van der Waals surface area contributed by atoms with Crippen molar-refractivity contribution in [3.8, 4) is 0 Å². The number of hydrogen-bond donors (Lipinski definition) is 2. The van der Waals surface area contributed by atoms with Gasteiger partial charge in [0.2, 0.25) is 9.84 Å². The van der Waals surface area contributed by atoms with E-state index >= 15 is 0 Å². The van der Waals surface area contributed by atoms with E-state index in [1.807, 2.05) is 0 Å². The van der Waals surface area contributed by atoms with E-state index in [0.29, 0.717) is 0 Å². The van der Waals surface area contributed by atoms with Crippen LogP contribution < -0.4 is 5.32 Å². The van der Waals surface area contributed by atoms with Gasteiger partial charge in [-0.3, -0.25) is 0 Å². The van der Waals surface area contributed by atoms with Gasteiger partial charge in [0.15, 0.2) is 0 Å². The van der Waals surface area contributed by atoms with Gasteiger partial charge < -0.3 is 15.2 Å². The van der Waals surface area contributed by atoms with Crippen LogP contribution in [0.5, 0.6) is 0 Å². The molecule has 0 radical (unpaired) electrons. The van der Waals surface area contributed by atoms with Crippen molar-refractivity contribution in [1.29, 1.82) is 0 Å². The molecule has 112 valence electrons. The zero-order valence-electron chi connectivity index (χ0n) is 10.4. The van der Waals surface area contributed by atoms with Gasteiger partial charge in [0.1, 0.15) is 6.04 Å². The highest BCUT2D eigenvalue weighted by molar-refractivity contribution is 7.91. The van der Waals surface area contributed by atoms with E-state index in [2.05, 4.69) is 5.32 Å². The van der Waals surface area contributed by atoms with Gasteiger partial charge in [-0.15, -0.1) is 0 Å². The first-order valence-corrected chi connectivity index (χ1v) is 6.94. The molecule has 0 fully saturated rings. The summed E-state index contributed by atoms with van der Waals surface area (Å²) in [7, 11) is -3.32. The maximum atomic E-state index is 12.3. The number of benzene rings is 1. The second-order valence-electron chi connectivity index (χ2n) is 3.82. The number of carbonyl (C=O) groups is 1. The van der Waals surface area contributed by atoms with Gasteiger partial charge in [0.05, 0.1) is 11.5 Å². The number of anilines is 1. The molecular weight excluding hydrogens is 296 g/mol. The Bertz CT molecular complexity index is 559. The van der Waals surface area contributed by atoms with Crippen LogP contribution in [0.3, 0.4) is 0 Å². The number of nitrogens with one attached hydrogen (secondary N) is 1. The third kappa shape index (κ3) is 3.87. The third-order valence-corrected chi connectivity index (χ3v) is 3.79. The molecule has 1 atom stereocenters. The zero-order valence-corrected chi connectivity index (χ0v) is 11.2. The van der Waals surface area contributed by atoms with Gasteiger partial charge in [-0.05, 0) is 24.3 Å². The van der Waals surface area contributed by atoms with Gasteiger partial charge in [0, 0.05) is 12.8 Å². The molecule has 1 aromatic rings. The molecule has 0 amide bonds. The lowest BCUT2D eigenvalue weighted by molar-refractivity contribution is -0.139. The molecule has 20 heavy (non-hydrogen) atoms. The Kier molecular flexibility index (Phi) is 5.40. The van der Waals surface area contributed by atoms with Crippen molar-refractivity contribution in [3.63, 3.8) is 0 Å². The Balaban J connectivity index is 2.89. The lowest BCUT2D eigenvalue weighted by atomic mass is 10.2. The van der Waals surface area contributed by atoms with Crippen LogP contribution in [0, 0.1) is 0 Å². The van der Waals surface area contributed by atoms with Crippen molar-refractivity contribution >= 4 is 21.5 Å². The molecule has 1 rings (SSSR count). The average molecular weight is 309 g/mol. The summed E-state index contributed by atoms with van der Waals surface area (Å²) in [6.45, 7) is -0.105. The third-order valence-electron chi connectivity index (χ3n) is 2.39. The zero-order chi connectivity index (χ0) is 15.3. The maximum Gasteiger partial charge on any atom is 0.341 e. The van der Waals surface area contributed by atoms with Crippen LogP contribution in [0.15, 0.2) is 29.2 Å². The summed E-state index contributed by atoms with van der Waals surface area (Å²) in [5.74, 6) is -4.65. The van der Waals surface area contributed by atoms with Gasteiger partial charge >= 0.3 is 11.7 Å². The van der Waals surface area contributed by atoms with Crippen LogP contribution in [0.2, 0.25) is 0 Å². The molecular formula is C11H13F2NO5S. The predicted octanol–water partition coefficient (Wildman–Crippen LogP) is 1.19. The van der Waals surface area contributed by atoms with Gasteiger partial charge in [-0.2, -0.15) is 8.78 Å². The summed E-state index contributed by atoms with van der Waals surface area (Å²) < 4.78 is 51.7. The van der Waals surface area contributed by atoms with E-state index in [1.165, 1.54) is 19.2 Å². The lowest BCUT2D eigenvalue weighted by Crippen LogP contribution is -2.33. The quantitative estimate of drug-likeness (QED) is 0.786. The van der Waals surface area contributed by atoms with Gasteiger partial charge in [-0.25, -0.2) is 13.2 Å². The smallest absolute Gasteiger partial charge is 0.341 e. The number of alkyl halides is 2. The minimum absolute atomic E-state index is 0.105. The number of carboxylic acids is 1. The summed E-state index contributed by atoms with van der Waals surface area (Å²) in [6.07, 6.45) is 0. The highest BCUT2D eigenvalue weighted by Crippen LogP contribution is 2.20. The summed E-state index contributed by atoms with van der Waals surface area (Å²) in [5.41, 5.74) is 0.280. The number of halogens is 2. The minimum atomic E-state index is -4.65. The van der Waals surface area contributed by atoms with E-state index in [0.717, 1.165) is 12.1 Å². The molecule has 9 heteroatoms. The Morgan fingerprint density at radius 3 is 2.30 bits per heavy atom. The normalized spacial score (nSPS) is 13.2. The molecule has 0 saturated carbocycles. The topological polar surface area (TPSA) is 92.7 Å². The van der Waals surface area contributed by atoms with Crippen LogP contribution >= 0.6 is 0 Å². The number of ether oxygens (including phenoxy) is 1. The Morgan fingerprint density at radius 1 is 1.35 bits per heavy atom. The fourth-order valence-corrected chi connectivity index (χ4v) is 2.11. The number of aliphatic carboxylic acids is 1. The van der Waals surface area contributed by atoms with E-state index < -0.39 is 32.5 Å². The summed E-state index contributed by atoms with van der Waals surface area (Å²) in [5, 5.41) is 11.5. The fourth-order valence-electron chi connectivity index (χ4n) is 1.39. The Labute approximate surface area is 114 Å². The van der Waals surface area contributed by atoms with Gasteiger partial charge in [-0.1, -0.05) is 0 Å². The van der Waals surface area contributed by atoms with E-state index in [-0.39, 0.29) is 12.3 Å². The van der Waals surface area contributed by atoms with Crippen molar-refractivity contribution in [2.45, 2.75) is 16.7 Å². The number of carboxylic acid groups (broad SMARTS) is 1. The van der Waals surface area contributed by atoms with E-state index in [4.69, 9.17) is 9.84 Å². The number of methoxy groups -OCH3 is 1. The second-order valence-corrected chi connectivity index (χ2v) is 5.74. The first-order valence-electron chi connectivity index (χ1n) is 5.39. The predicted molar refractivity (Wildman–Crippen MR) is 66.6 cm³/mol. The monoisotopic (exact) mass is 309 g/mol. The SMILES string of the molecule is COCC(Nc1ccc(S(=O)(=O)C(F)F)cc1)C(=O)O. The van der Waals surface area contributed by atoms with Crippen LogP contribution in [0.4, 0.5) is 14.5 Å². The highest BCUT2D eigenvalue weighted by atomic mass is 32.2. The molecule has 1 unspecified atom stereocenters. The second kappa shape index (κ2) is 6.62. The van der Waals surface area contributed by atoms with Gasteiger partial charge in [0.25, 0.3) is 0 Å². The molecule has 0 bridgehead atoms. The molecule has 2 N–H and O–H groups in total. The van der Waals surface area contributed by atoms with Crippen molar-refractivity contribution in [3.05, 3.63) is 24.3 Å². The standard InChI is InChI=1S/C11H13F2NO5S/c1-19-6-9(10(15)16)14-7-2-4-8(5-3-7)20(17,18)11(12)13/h2-5,9,11,14H,6H2,1H3,(H,15,16). The molecule has 0 aliphatic rings. The van der Waals surface area contributed by atoms with Crippen molar-refractivity contribution < 1.29 is 31.8 Å². The first kappa shape index (κ1) is 16.3. The van der Waals surface area contributed by atoms with Crippen LogP contribution in [-0.2, 0) is 19.4 Å². The lowest BCUT2D eigenvalue weighted by Gasteiger charge is -2.15. The highest BCUT2D eigenvalue weighted by Gasteiger charge is 2.26. The van der Waals surface area contributed by atoms with E-state index in [1.54, 1.807) is 0 Å². The molecule has 1 aromatic carbocycles. The molecule has 0 aliphatic heterocycles. The Morgan fingerprint density at radius 2 is 1.90 bits per heavy atom. The van der Waals surface area contributed by atoms with Crippen molar-refractivity contribution in [1.82, 2.24) is 0 Å². The number of hydrogen-bond acceptors (Lipinski definition) is 5. The van der Waals surface area contributed by atoms with Crippen molar-refractivity contribution in [2.75, 3.05) is 19.0 Å². The van der Waals surface area contributed by atoms with E-state index in [9.17, 15) is 22.0 Å². The summed E-state index contributed by atoms with van der Waals surface area (Å²) in [4.78, 5) is 10.3. The molecule has 0 saturated heterocycles. The molecule has 0 aliphatic carbocycles. The molecule has 0 aromatic heterocycles. The number of sulfone groups is 1. The van der Waals surface area contributed by atoms with Crippen LogP contribution in [-0.4, -0.2) is 45.0 Å². The largest absolute Gasteiger partial charge is 0.480 e. The molecule has 0 spiro atoms. The maximum absolute atomic E-state index is 12.3. The summed E-state index contributed by atoms with van der Waals surface area (Å²) >= 11 is 0. The fraction of sp³-hybridized carbons (Fsp3) is 0.364. The Hall–Kier alpha value is -1.74. The summed E-state index contributed by atoms with van der Waals surface area (Å²) in [6, 6.07) is 3.35.